The lowest BCUT2D eigenvalue weighted by Crippen LogP contribution is -1.99. The second-order valence-electron chi connectivity index (χ2n) is 4.97. The molecule has 4 rings (SSSR count). The molecule has 0 unspecified atom stereocenters. The van der Waals surface area contributed by atoms with Crippen molar-refractivity contribution in [3.8, 4) is 0 Å². The SMILES string of the molecule is CCc1nc2ccccc2c2cc3cc(Cl)ccc3n12. The van der Waals surface area contributed by atoms with E-state index in [4.69, 9.17) is 16.6 Å². The first-order valence-electron chi connectivity index (χ1n) is 6.76. The number of para-hydroxylation sites is 1. The molecule has 4 aromatic rings. The molecule has 0 amide bonds. The Bertz CT molecular complexity index is 953. The molecule has 0 aliphatic carbocycles. The number of halogens is 1. The lowest BCUT2D eigenvalue weighted by atomic mass is 10.2. The van der Waals surface area contributed by atoms with Crippen LogP contribution in [0.5, 0.6) is 0 Å². The lowest BCUT2D eigenvalue weighted by Gasteiger charge is -2.08. The Labute approximate surface area is 121 Å². The molecule has 0 spiro atoms. The van der Waals surface area contributed by atoms with Gasteiger partial charge in [0, 0.05) is 22.2 Å². The summed E-state index contributed by atoms with van der Waals surface area (Å²) in [6.07, 6.45) is 0.897. The summed E-state index contributed by atoms with van der Waals surface area (Å²) in [5.74, 6) is 1.08. The molecule has 3 heteroatoms. The molecule has 98 valence electrons. The van der Waals surface area contributed by atoms with Gasteiger partial charge < -0.3 is 0 Å². The molecule has 0 aliphatic heterocycles. The van der Waals surface area contributed by atoms with Crippen LogP contribution in [0.15, 0.2) is 48.5 Å². The van der Waals surface area contributed by atoms with Crippen LogP contribution in [0.25, 0.3) is 27.3 Å². The molecule has 0 N–H and O–H groups in total. The Morgan fingerprint density at radius 3 is 2.75 bits per heavy atom. The third-order valence-corrected chi connectivity index (χ3v) is 4.00. The first-order chi connectivity index (χ1) is 9.78. The summed E-state index contributed by atoms with van der Waals surface area (Å²) >= 11 is 6.11. The molecule has 2 heterocycles. The summed E-state index contributed by atoms with van der Waals surface area (Å²) in [6.45, 7) is 2.14. The van der Waals surface area contributed by atoms with Crippen LogP contribution in [0.2, 0.25) is 5.02 Å². The zero-order valence-corrected chi connectivity index (χ0v) is 11.9. The van der Waals surface area contributed by atoms with Crippen LogP contribution in [0.4, 0.5) is 0 Å². The van der Waals surface area contributed by atoms with E-state index in [1.807, 2.05) is 18.2 Å². The van der Waals surface area contributed by atoms with E-state index in [0.717, 1.165) is 28.2 Å². The predicted octanol–water partition coefficient (Wildman–Crippen LogP) is 4.86. The van der Waals surface area contributed by atoms with Crippen molar-refractivity contribution in [2.24, 2.45) is 0 Å². The fourth-order valence-electron chi connectivity index (χ4n) is 2.88. The quantitative estimate of drug-likeness (QED) is 0.487. The Morgan fingerprint density at radius 2 is 1.90 bits per heavy atom. The average Bonchev–Trinajstić information content (AvgIpc) is 2.85. The molecular weight excluding hydrogens is 268 g/mol. The van der Waals surface area contributed by atoms with Crippen LogP contribution in [0, 0.1) is 0 Å². The van der Waals surface area contributed by atoms with E-state index in [1.165, 1.54) is 16.4 Å². The molecule has 0 aliphatic rings. The Balaban J connectivity index is 2.31. The van der Waals surface area contributed by atoms with Crippen molar-refractivity contribution in [3.05, 3.63) is 59.4 Å². The number of nitrogens with zero attached hydrogens (tertiary/aromatic N) is 2. The standard InChI is InChI=1S/C17H13ClN2/c1-2-17-19-14-6-4-3-5-13(14)16-10-11-9-12(18)7-8-15(11)20(16)17/h3-10H,2H2,1H3. The van der Waals surface area contributed by atoms with Crippen LogP contribution in [-0.2, 0) is 6.42 Å². The van der Waals surface area contributed by atoms with E-state index in [0.29, 0.717) is 0 Å². The minimum Gasteiger partial charge on any atom is -0.297 e. The summed E-state index contributed by atoms with van der Waals surface area (Å²) in [5, 5.41) is 3.10. The molecule has 2 nitrogen and oxygen atoms in total. The molecule has 0 atom stereocenters. The van der Waals surface area contributed by atoms with Gasteiger partial charge >= 0.3 is 0 Å². The molecule has 20 heavy (non-hydrogen) atoms. The molecule has 0 radical (unpaired) electrons. The topological polar surface area (TPSA) is 17.3 Å². The third kappa shape index (κ3) is 1.55. The molecule has 0 saturated heterocycles. The molecule has 2 aromatic carbocycles. The normalized spacial score (nSPS) is 11.7. The van der Waals surface area contributed by atoms with Crippen molar-refractivity contribution in [3.63, 3.8) is 0 Å². The van der Waals surface area contributed by atoms with Gasteiger partial charge in [0.1, 0.15) is 5.82 Å². The smallest absolute Gasteiger partial charge is 0.114 e. The third-order valence-electron chi connectivity index (χ3n) is 3.77. The highest BCUT2D eigenvalue weighted by Crippen LogP contribution is 2.29. The number of fused-ring (bicyclic) bond motifs is 5. The van der Waals surface area contributed by atoms with E-state index in [-0.39, 0.29) is 0 Å². The molecule has 0 bridgehead atoms. The second-order valence-corrected chi connectivity index (χ2v) is 5.40. The number of aryl methyl sites for hydroxylation is 1. The number of rotatable bonds is 1. The maximum absolute atomic E-state index is 6.11. The summed E-state index contributed by atoms with van der Waals surface area (Å²) in [5.41, 5.74) is 3.41. The van der Waals surface area contributed by atoms with Crippen molar-refractivity contribution in [1.29, 1.82) is 0 Å². The fraction of sp³-hybridized carbons (Fsp3) is 0.118. The van der Waals surface area contributed by atoms with Gasteiger partial charge in [0.05, 0.1) is 16.6 Å². The summed E-state index contributed by atoms with van der Waals surface area (Å²) < 4.78 is 2.24. The van der Waals surface area contributed by atoms with Gasteiger partial charge in [0.25, 0.3) is 0 Å². The Kier molecular flexibility index (Phi) is 2.48. The van der Waals surface area contributed by atoms with Gasteiger partial charge in [-0.2, -0.15) is 0 Å². The number of hydrogen-bond acceptors (Lipinski definition) is 1. The van der Waals surface area contributed by atoms with Gasteiger partial charge in [0.15, 0.2) is 0 Å². The second kappa shape index (κ2) is 4.22. The van der Waals surface area contributed by atoms with E-state index in [1.54, 1.807) is 0 Å². The van der Waals surface area contributed by atoms with Crippen molar-refractivity contribution in [2.45, 2.75) is 13.3 Å². The summed E-state index contributed by atoms with van der Waals surface area (Å²) in [6, 6.07) is 16.5. The highest BCUT2D eigenvalue weighted by Gasteiger charge is 2.11. The van der Waals surface area contributed by atoms with Gasteiger partial charge in [-0.15, -0.1) is 0 Å². The minimum absolute atomic E-state index is 0.767. The highest BCUT2D eigenvalue weighted by molar-refractivity contribution is 6.31. The molecule has 2 aromatic heterocycles. The Hall–Kier alpha value is -2.06. The maximum atomic E-state index is 6.11. The molecule has 0 saturated carbocycles. The average molecular weight is 281 g/mol. The van der Waals surface area contributed by atoms with Crippen molar-refractivity contribution in [2.75, 3.05) is 0 Å². The molecule has 0 fully saturated rings. The van der Waals surface area contributed by atoms with Crippen LogP contribution < -0.4 is 0 Å². The lowest BCUT2D eigenvalue weighted by molar-refractivity contribution is 0.934. The first kappa shape index (κ1) is 11.7. The van der Waals surface area contributed by atoms with E-state index >= 15 is 0 Å². The van der Waals surface area contributed by atoms with Gasteiger partial charge in [-0.25, -0.2) is 4.98 Å². The van der Waals surface area contributed by atoms with Gasteiger partial charge in [-0.1, -0.05) is 36.7 Å². The summed E-state index contributed by atoms with van der Waals surface area (Å²) in [7, 11) is 0. The van der Waals surface area contributed by atoms with Crippen LogP contribution in [0.1, 0.15) is 12.7 Å². The van der Waals surface area contributed by atoms with E-state index in [9.17, 15) is 0 Å². The number of hydrogen-bond donors (Lipinski definition) is 0. The van der Waals surface area contributed by atoms with Crippen molar-refractivity contribution >= 4 is 38.9 Å². The van der Waals surface area contributed by atoms with Crippen LogP contribution >= 0.6 is 11.6 Å². The number of benzene rings is 2. The largest absolute Gasteiger partial charge is 0.297 e. The summed E-state index contributed by atoms with van der Waals surface area (Å²) in [4.78, 5) is 4.80. The monoisotopic (exact) mass is 280 g/mol. The van der Waals surface area contributed by atoms with Gasteiger partial charge in [0.2, 0.25) is 0 Å². The van der Waals surface area contributed by atoms with E-state index in [2.05, 4.69) is 41.7 Å². The van der Waals surface area contributed by atoms with Crippen LogP contribution in [-0.4, -0.2) is 9.38 Å². The fourth-order valence-corrected chi connectivity index (χ4v) is 3.06. The predicted molar refractivity (Wildman–Crippen MR) is 84.6 cm³/mol. The maximum Gasteiger partial charge on any atom is 0.114 e. The van der Waals surface area contributed by atoms with Crippen molar-refractivity contribution < 1.29 is 0 Å². The molecular formula is C17H13ClN2. The van der Waals surface area contributed by atoms with Crippen LogP contribution in [0.3, 0.4) is 0 Å². The van der Waals surface area contributed by atoms with Gasteiger partial charge in [-0.05, 0) is 30.3 Å². The number of aromatic nitrogens is 2. The van der Waals surface area contributed by atoms with E-state index < -0.39 is 0 Å². The highest BCUT2D eigenvalue weighted by atomic mass is 35.5. The Morgan fingerprint density at radius 1 is 1.05 bits per heavy atom. The zero-order valence-electron chi connectivity index (χ0n) is 11.1. The van der Waals surface area contributed by atoms with Gasteiger partial charge in [-0.3, -0.25) is 4.40 Å². The van der Waals surface area contributed by atoms with Crippen molar-refractivity contribution in [1.82, 2.24) is 9.38 Å². The minimum atomic E-state index is 0.767. The zero-order chi connectivity index (χ0) is 13.7. The first-order valence-corrected chi connectivity index (χ1v) is 7.14.